The standard InChI is InChI=1S/C26H27N7O2S/c1-34-20-9-8-17(14-21(20)35-2)10-12-27-24-23-19-11-13-32(15-18-6-4-3-5-7-18)16-22(19)36-25(23)33-26(28-24)29-30-31-33/h3-9,14H,10-13,15-16H2,1-2H3,(H,27,28,29,31)/p+1. The maximum Gasteiger partial charge on any atom is 0.276 e. The number of benzene rings is 2. The van der Waals surface area contributed by atoms with Crippen molar-refractivity contribution in [3.63, 3.8) is 0 Å². The Bertz CT molecular complexity index is 1520. The molecule has 1 aliphatic heterocycles. The second kappa shape index (κ2) is 9.71. The van der Waals surface area contributed by atoms with Gasteiger partial charge in [-0.1, -0.05) is 41.5 Å². The summed E-state index contributed by atoms with van der Waals surface area (Å²) < 4.78 is 12.6. The molecule has 9 nitrogen and oxygen atoms in total. The van der Waals surface area contributed by atoms with E-state index >= 15 is 0 Å². The van der Waals surface area contributed by atoms with Crippen molar-refractivity contribution in [2.45, 2.75) is 25.9 Å². The number of quaternary nitrogens is 1. The molecule has 184 valence electrons. The first-order valence-electron chi connectivity index (χ1n) is 12.1. The van der Waals surface area contributed by atoms with Gasteiger partial charge in [-0.15, -0.1) is 11.3 Å². The monoisotopic (exact) mass is 502 g/mol. The first-order chi connectivity index (χ1) is 17.7. The SMILES string of the molecule is COc1ccc(CCNc2nc3nnnn3c3sc4c(c23)CC[NH+](Cc2ccccc2)C4)cc1OC. The summed E-state index contributed by atoms with van der Waals surface area (Å²) in [5, 5.41) is 17.0. The van der Waals surface area contributed by atoms with Crippen LogP contribution >= 0.6 is 11.3 Å². The lowest BCUT2D eigenvalue weighted by Gasteiger charge is -2.24. The smallest absolute Gasteiger partial charge is 0.276 e. The number of ether oxygens (including phenoxy) is 2. The summed E-state index contributed by atoms with van der Waals surface area (Å²) in [6, 6.07) is 16.7. The van der Waals surface area contributed by atoms with Crippen LogP contribution in [0.3, 0.4) is 0 Å². The van der Waals surface area contributed by atoms with E-state index in [-0.39, 0.29) is 0 Å². The molecule has 4 heterocycles. The zero-order chi connectivity index (χ0) is 24.5. The Kier molecular flexibility index (Phi) is 6.12. The van der Waals surface area contributed by atoms with Gasteiger partial charge >= 0.3 is 0 Å². The summed E-state index contributed by atoms with van der Waals surface area (Å²) in [4.78, 5) is 8.82. The third-order valence-electron chi connectivity index (χ3n) is 6.76. The van der Waals surface area contributed by atoms with Crippen LogP contribution in [0.1, 0.15) is 21.6 Å². The fraction of sp³-hybridized carbons (Fsp3) is 0.308. The van der Waals surface area contributed by atoms with E-state index in [4.69, 9.17) is 14.5 Å². The molecule has 2 aromatic carbocycles. The molecule has 0 amide bonds. The van der Waals surface area contributed by atoms with Crippen LogP contribution in [0.25, 0.3) is 16.0 Å². The normalized spacial score (nSPS) is 15.2. The van der Waals surface area contributed by atoms with Gasteiger partial charge in [0.15, 0.2) is 11.5 Å². The second-order valence-corrected chi connectivity index (χ2v) is 10.1. The molecule has 0 fully saturated rings. The zero-order valence-corrected chi connectivity index (χ0v) is 21.1. The average Bonchev–Trinajstić information content (AvgIpc) is 3.53. The first-order valence-corrected chi connectivity index (χ1v) is 12.9. The number of nitrogens with zero attached hydrogens (tertiary/aromatic N) is 5. The molecule has 0 radical (unpaired) electrons. The molecule has 0 bridgehead atoms. The highest BCUT2D eigenvalue weighted by Gasteiger charge is 2.27. The summed E-state index contributed by atoms with van der Waals surface area (Å²) in [6.45, 7) is 3.85. The molecule has 10 heteroatoms. The van der Waals surface area contributed by atoms with E-state index < -0.39 is 0 Å². The van der Waals surface area contributed by atoms with Crippen LogP contribution in [0.5, 0.6) is 11.5 Å². The number of aromatic nitrogens is 5. The summed E-state index contributed by atoms with van der Waals surface area (Å²) in [7, 11) is 3.31. The van der Waals surface area contributed by atoms with Gasteiger partial charge in [0.05, 0.1) is 31.0 Å². The number of fused-ring (bicyclic) bond motifs is 5. The molecule has 0 saturated carbocycles. The van der Waals surface area contributed by atoms with Crippen molar-refractivity contribution in [3.8, 4) is 11.5 Å². The highest BCUT2D eigenvalue weighted by atomic mass is 32.1. The molecule has 3 aromatic heterocycles. The van der Waals surface area contributed by atoms with Crippen molar-refractivity contribution in [1.29, 1.82) is 0 Å². The quantitative estimate of drug-likeness (QED) is 0.337. The minimum absolute atomic E-state index is 0.517. The maximum atomic E-state index is 5.45. The van der Waals surface area contributed by atoms with E-state index in [2.05, 4.69) is 57.2 Å². The minimum atomic E-state index is 0.517. The molecule has 5 aromatic rings. The number of hydrogen-bond acceptors (Lipinski definition) is 8. The van der Waals surface area contributed by atoms with Crippen LogP contribution in [0.2, 0.25) is 0 Å². The minimum Gasteiger partial charge on any atom is -0.493 e. The number of methoxy groups -OCH3 is 2. The fourth-order valence-electron chi connectivity index (χ4n) is 4.98. The second-order valence-electron chi connectivity index (χ2n) is 8.99. The van der Waals surface area contributed by atoms with Crippen LogP contribution in [-0.4, -0.2) is 52.3 Å². The fourth-order valence-corrected chi connectivity index (χ4v) is 6.34. The Labute approximate surface area is 212 Å². The van der Waals surface area contributed by atoms with Gasteiger partial charge in [0.25, 0.3) is 5.78 Å². The van der Waals surface area contributed by atoms with E-state index in [0.29, 0.717) is 5.78 Å². The van der Waals surface area contributed by atoms with Crippen molar-refractivity contribution >= 4 is 33.1 Å². The molecule has 0 aliphatic carbocycles. The molecular formula is C26H28N7O2S+. The number of rotatable bonds is 8. The molecule has 36 heavy (non-hydrogen) atoms. The summed E-state index contributed by atoms with van der Waals surface area (Å²) in [5.41, 5.74) is 3.92. The highest BCUT2D eigenvalue weighted by molar-refractivity contribution is 7.19. The molecule has 1 unspecified atom stereocenters. The lowest BCUT2D eigenvalue weighted by Crippen LogP contribution is -3.10. The number of thiophene rings is 1. The van der Waals surface area contributed by atoms with Gasteiger partial charge in [-0.3, -0.25) is 0 Å². The van der Waals surface area contributed by atoms with Crippen LogP contribution in [0, 0.1) is 0 Å². The Balaban J connectivity index is 1.26. The van der Waals surface area contributed by atoms with Crippen LogP contribution in [-0.2, 0) is 25.9 Å². The largest absolute Gasteiger partial charge is 0.493 e. The Morgan fingerprint density at radius 3 is 2.75 bits per heavy atom. The third-order valence-corrected chi connectivity index (χ3v) is 7.96. The highest BCUT2D eigenvalue weighted by Crippen LogP contribution is 2.36. The van der Waals surface area contributed by atoms with E-state index in [1.807, 2.05) is 12.1 Å². The van der Waals surface area contributed by atoms with Crippen LogP contribution in [0.15, 0.2) is 48.5 Å². The van der Waals surface area contributed by atoms with E-state index in [9.17, 15) is 0 Å². The Hall–Kier alpha value is -3.76. The van der Waals surface area contributed by atoms with Gasteiger partial charge in [0, 0.05) is 18.5 Å². The lowest BCUT2D eigenvalue weighted by atomic mass is 10.0. The third kappa shape index (κ3) is 4.22. The number of tetrazole rings is 1. The molecule has 6 rings (SSSR count). The van der Waals surface area contributed by atoms with Crippen molar-refractivity contribution in [2.24, 2.45) is 0 Å². The summed E-state index contributed by atoms with van der Waals surface area (Å²) in [5.74, 6) is 2.84. The van der Waals surface area contributed by atoms with Crippen LogP contribution < -0.4 is 19.7 Å². The number of hydrogen-bond donors (Lipinski definition) is 2. The van der Waals surface area contributed by atoms with Crippen LogP contribution in [0.4, 0.5) is 5.82 Å². The predicted octanol–water partition coefficient (Wildman–Crippen LogP) is 2.55. The predicted molar refractivity (Wildman–Crippen MR) is 139 cm³/mol. The van der Waals surface area contributed by atoms with Gasteiger partial charge in [0.2, 0.25) is 0 Å². The molecule has 1 atom stereocenters. The van der Waals surface area contributed by atoms with Gasteiger partial charge in [-0.05, 0) is 40.1 Å². The summed E-state index contributed by atoms with van der Waals surface area (Å²) in [6.07, 6.45) is 1.83. The van der Waals surface area contributed by atoms with E-state index in [1.54, 1.807) is 35.0 Å². The van der Waals surface area contributed by atoms with Crippen molar-refractivity contribution in [3.05, 3.63) is 70.1 Å². The summed E-state index contributed by atoms with van der Waals surface area (Å²) >= 11 is 1.79. The number of nitrogens with one attached hydrogen (secondary N) is 2. The topological polar surface area (TPSA) is 90.9 Å². The van der Waals surface area contributed by atoms with Crippen molar-refractivity contribution < 1.29 is 14.4 Å². The van der Waals surface area contributed by atoms with E-state index in [0.717, 1.165) is 72.1 Å². The van der Waals surface area contributed by atoms with Crippen molar-refractivity contribution in [2.75, 3.05) is 32.6 Å². The molecule has 0 spiro atoms. The molecule has 1 aliphatic rings. The zero-order valence-electron chi connectivity index (χ0n) is 20.3. The number of anilines is 1. The lowest BCUT2D eigenvalue weighted by molar-refractivity contribution is -0.929. The maximum absolute atomic E-state index is 5.45. The Morgan fingerprint density at radius 2 is 1.92 bits per heavy atom. The van der Waals surface area contributed by atoms with Gasteiger partial charge < -0.3 is 19.7 Å². The van der Waals surface area contributed by atoms with Crippen molar-refractivity contribution in [1.82, 2.24) is 25.0 Å². The molecular weight excluding hydrogens is 474 g/mol. The Morgan fingerprint density at radius 1 is 1.06 bits per heavy atom. The molecule has 0 saturated heterocycles. The first kappa shape index (κ1) is 22.7. The van der Waals surface area contributed by atoms with Gasteiger partial charge in [-0.2, -0.15) is 9.50 Å². The van der Waals surface area contributed by atoms with Gasteiger partial charge in [-0.25, -0.2) is 0 Å². The van der Waals surface area contributed by atoms with E-state index in [1.165, 1.54) is 16.0 Å². The molecule has 2 N–H and O–H groups in total. The average molecular weight is 503 g/mol. The van der Waals surface area contributed by atoms with Gasteiger partial charge in [0.1, 0.15) is 23.7 Å².